The van der Waals surface area contributed by atoms with Crippen LogP contribution >= 0.6 is 0 Å². The number of rotatable bonds is 9. The van der Waals surface area contributed by atoms with Crippen LogP contribution in [-0.4, -0.2) is 17.6 Å². The van der Waals surface area contributed by atoms with E-state index < -0.39 is 0 Å². The van der Waals surface area contributed by atoms with E-state index in [-0.39, 0.29) is 12.7 Å². The molecule has 1 amide bonds. The van der Waals surface area contributed by atoms with Gasteiger partial charge in [-0.05, 0) is 47.9 Å². The maximum atomic E-state index is 12.7. The third kappa shape index (κ3) is 5.91. The van der Waals surface area contributed by atoms with Gasteiger partial charge in [0.05, 0.1) is 6.54 Å². The van der Waals surface area contributed by atoms with Crippen molar-refractivity contribution >= 4 is 5.91 Å². The van der Waals surface area contributed by atoms with E-state index in [1.54, 1.807) is 6.07 Å². The first-order valence-corrected chi connectivity index (χ1v) is 11.7. The molecular formula is C29H28N2O4. The molecule has 0 spiro atoms. The van der Waals surface area contributed by atoms with Crippen LogP contribution < -0.4 is 14.8 Å². The SMILES string of the molecule is Cc1ccc(CN(Cc2ccccc2)Cc2ccc(C(=O)NCc3ccc4c(c3)OCO4)o2)cc1. The Kier molecular flexibility index (Phi) is 6.82. The lowest BCUT2D eigenvalue weighted by Gasteiger charge is -2.21. The summed E-state index contributed by atoms with van der Waals surface area (Å²) in [5.41, 5.74) is 4.64. The number of carbonyl (C=O) groups excluding carboxylic acids is 1. The van der Waals surface area contributed by atoms with Crippen molar-refractivity contribution in [3.05, 3.63) is 119 Å². The zero-order chi connectivity index (χ0) is 24.0. The molecule has 178 valence electrons. The molecule has 0 bridgehead atoms. The minimum absolute atomic E-state index is 0.228. The van der Waals surface area contributed by atoms with Gasteiger partial charge in [-0.15, -0.1) is 0 Å². The van der Waals surface area contributed by atoms with Crippen molar-refractivity contribution in [2.24, 2.45) is 0 Å². The van der Waals surface area contributed by atoms with Crippen LogP contribution in [0.25, 0.3) is 0 Å². The molecule has 0 fully saturated rings. The molecule has 1 aromatic heterocycles. The van der Waals surface area contributed by atoms with Gasteiger partial charge in [0.15, 0.2) is 17.3 Å². The van der Waals surface area contributed by atoms with E-state index in [9.17, 15) is 4.79 Å². The molecule has 0 saturated heterocycles. The fourth-order valence-electron chi connectivity index (χ4n) is 4.09. The summed E-state index contributed by atoms with van der Waals surface area (Å²) >= 11 is 0. The number of hydrogen-bond acceptors (Lipinski definition) is 5. The van der Waals surface area contributed by atoms with Crippen LogP contribution in [0.5, 0.6) is 11.5 Å². The molecule has 0 aliphatic carbocycles. The molecule has 0 atom stereocenters. The second kappa shape index (κ2) is 10.5. The van der Waals surface area contributed by atoms with Gasteiger partial charge in [-0.2, -0.15) is 0 Å². The van der Waals surface area contributed by atoms with E-state index in [0.29, 0.717) is 24.6 Å². The van der Waals surface area contributed by atoms with E-state index >= 15 is 0 Å². The van der Waals surface area contributed by atoms with Gasteiger partial charge < -0.3 is 19.2 Å². The summed E-state index contributed by atoms with van der Waals surface area (Å²) in [5, 5.41) is 2.92. The number of nitrogens with zero attached hydrogens (tertiary/aromatic N) is 1. The summed E-state index contributed by atoms with van der Waals surface area (Å²) < 4.78 is 16.7. The smallest absolute Gasteiger partial charge is 0.287 e. The minimum atomic E-state index is -0.248. The van der Waals surface area contributed by atoms with Gasteiger partial charge in [0.1, 0.15) is 5.76 Å². The van der Waals surface area contributed by atoms with E-state index in [4.69, 9.17) is 13.9 Å². The van der Waals surface area contributed by atoms with E-state index in [0.717, 1.165) is 30.2 Å². The van der Waals surface area contributed by atoms with Crippen molar-refractivity contribution in [3.8, 4) is 11.5 Å². The molecular weight excluding hydrogens is 440 g/mol. The van der Waals surface area contributed by atoms with Crippen molar-refractivity contribution in [2.45, 2.75) is 33.1 Å². The molecule has 0 radical (unpaired) electrons. The summed E-state index contributed by atoms with van der Waals surface area (Å²) in [6.07, 6.45) is 0. The molecule has 4 aromatic rings. The maximum absolute atomic E-state index is 12.7. The van der Waals surface area contributed by atoms with Crippen LogP contribution in [0.15, 0.2) is 89.3 Å². The summed E-state index contributed by atoms with van der Waals surface area (Å²) in [4.78, 5) is 15.0. The Hall–Kier alpha value is -4.03. The highest BCUT2D eigenvalue weighted by Crippen LogP contribution is 2.32. The van der Waals surface area contributed by atoms with Gasteiger partial charge >= 0.3 is 0 Å². The monoisotopic (exact) mass is 468 g/mol. The molecule has 5 rings (SSSR count). The van der Waals surface area contributed by atoms with Crippen molar-refractivity contribution in [1.29, 1.82) is 0 Å². The number of carbonyl (C=O) groups is 1. The molecule has 6 nitrogen and oxygen atoms in total. The lowest BCUT2D eigenvalue weighted by Crippen LogP contribution is -2.23. The Bertz CT molecular complexity index is 1280. The second-order valence-electron chi connectivity index (χ2n) is 8.75. The molecule has 0 saturated carbocycles. The number of fused-ring (bicyclic) bond motifs is 1. The molecule has 0 unspecified atom stereocenters. The first kappa shape index (κ1) is 22.7. The number of benzene rings is 3. The van der Waals surface area contributed by atoms with Crippen LogP contribution in [0.2, 0.25) is 0 Å². The molecule has 1 aliphatic heterocycles. The molecule has 1 aliphatic rings. The van der Waals surface area contributed by atoms with Gasteiger partial charge in [-0.3, -0.25) is 9.69 Å². The zero-order valence-electron chi connectivity index (χ0n) is 19.7. The van der Waals surface area contributed by atoms with Crippen molar-refractivity contribution in [1.82, 2.24) is 10.2 Å². The average Bonchev–Trinajstić information content (AvgIpc) is 3.54. The van der Waals surface area contributed by atoms with Crippen LogP contribution in [0.4, 0.5) is 0 Å². The summed E-state index contributed by atoms with van der Waals surface area (Å²) in [5.74, 6) is 2.23. The Morgan fingerprint density at radius 2 is 1.51 bits per heavy atom. The highest BCUT2D eigenvalue weighted by atomic mass is 16.7. The summed E-state index contributed by atoms with van der Waals surface area (Å²) in [6, 6.07) is 28.2. The molecule has 35 heavy (non-hydrogen) atoms. The van der Waals surface area contributed by atoms with Crippen LogP contribution in [0.1, 0.15) is 38.6 Å². The number of ether oxygens (including phenoxy) is 2. The lowest BCUT2D eigenvalue weighted by molar-refractivity contribution is 0.0918. The van der Waals surface area contributed by atoms with Gasteiger partial charge in [-0.25, -0.2) is 0 Å². The van der Waals surface area contributed by atoms with Crippen molar-refractivity contribution < 1.29 is 18.7 Å². The fraction of sp³-hybridized carbons (Fsp3) is 0.207. The number of amides is 1. The number of furan rings is 1. The normalized spacial score (nSPS) is 12.2. The standard InChI is InChI=1S/C29H28N2O4/c1-21-7-9-23(10-8-21)18-31(17-22-5-3-2-4-6-22)19-25-12-14-27(35-25)29(32)30-16-24-11-13-26-28(15-24)34-20-33-26/h2-15H,16-20H2,1H3,(H,30,32). The van der Waals surface area contributed by atoms with E-state index in [1.165, 1.54) is 16.7 Å². The quantitative estimate of drug-likeness (QED) is 0.354. The third-order valence-electron chi connectivity index (χ3n) is 5.93. The number of hydrogen-bond donors (Lipinski definition) is 1. The first-order valence-electron chi connectivity index (χ1n) is 11.7. The van der Waals surface area contributed by atoms with Crippen LogP contribution in [0, 0.1) is 6.92 Å². The largest absolute Gasteiger partial charge is 0.455 e. The molecule has 2 heterocycles. The van der Waals surface area contributed by atoms with Gasteiger partial charge in [0.2, 0.25) is 6.79 Å². The summed E-state index contributed by atoms with van der Waals surface area (Å²) in [6.45, 7) is 4.85. The Labute approximate surface area is 205 Å². The first-order chi connectivity index (χ1) is 17.1. The molecule has 6 heteroatoms. The summed E-state index contributed by atoms with van der Waals surface area (Å²) in [7, 11) is 0. The topological polar surface area (TPSA) is 63.9 Å². The highest BCUT2D eigenvalue weighted by molar-refractivity contribution is 5.91. The number of aryl methyl sites for hydroxylation is 1. The Morgan fingerprint density at radius 3 is 2.31 bits per heavy atom. The second-order valence-corrected chi connectivity index (χ2v) is 8.75. The minimum Gasteiger partial charge on any atom is -0.455 e. The average molecular weight is 469 g/mol. The zero-order valence-corrected chi connectivity index (χ0v) is 19.7. The fourth-order valence-corrected chi connectivity index (χ4v) is 4.09. The van der Waals surface area contributed by atoms with Gasteiger partial charge in [0.25, 0.3) is 5.91 Å². The van der Waals surface area contributed by atoms with E-state index in [1.807, 2.05) is 30.3 Å². The van der Waals surface area contributed by atoms with Gasteiger partial charge in [0, 0.05) is 19.6 Å². The van der Waals surface area contributed by atoms with E-state index in [2.05, 4.69) is 65.7 Å². The highest BCUT2D eigenvalue weighted by Gasteiger charge is 2.16. The van der Waals surface area contributed by atoms with Crippen LogP contribution in [-0.2, 0) is 26.2 Å². The predicted octanol–water partition coefficient (Wildman–Crippen LogP) is 5.45. The van der Waals surface area contributed by atoms with Crippen molar-refractivity contribution in [2.75, 3.05) is 6.79 Å². The van der Waals surface area contributed by atoms with Crippen molar-refractivity contribution in [3.63, 3.8) is 0 Å². The van der Waals surface area contributed by atoms with Gasteiger partial charge in [-0.1, -0.05) is 66.2 Å². The predicted molar refractivity (Wildman–Crippen MR) is 133 cm³/mol. The maximum Gasteiger partial charge on any atom is 0.287 e. The third-order valence-corrected chi connectivity index (χ3v) is 5.93. The van der Waals surface area contributed by atoms with Crippen LogP contribution in [0.3, 0.4) is 0 Å². The Balaban J connectivity index is 1.23. The molecule has 1 N–H and O–H groups in total. The number of nitrogens with one attached hydrogen (secondary N) is 1. The Morgan fingerprint density at radius 1 is 0.800 bits per heavy atom. The molecule has 3 aromatic carbocycles. The lowest BCUT2D eigenvalue weighted by atomic mass is 10.1.